The summed E-state index contributed by atoms with van der Waals surface area (Å²) < 4.78 is 0. The number of thiol groups is 1. The Balaban J connectivity index is 2.45. The van der Waals surface area contributed by atoms with Crippen LogP contribution in [0.25, 0.3) is 0 Å². The highest BCUT2D eigenvalue weighted by atomic mass is 32.1. The maximum atomic E-state index is 4.74. The van der Waals surface area contributed by atoms with Gasteiger partial charge in [0.05, 0.1) is 0 Å². The smallest absolute Gasteiger partial charge is 0.00369 e. The Kier molecular flexibility index (Phi) is 7.37. The third-order valence-corrected chi connectivity index (χ3v) is 1.41. The zero-order valence-corrected chi connectivity index (χ0v) is 6.10. The van der Waals surface area contributed by atoms with E-state index < -0.39 is 0 Å². The van der Waals surface area contributed by atoms with Crippen molar-refractivity contribution in [2.45, 2.75) is 19.3 Å². The molecule has 0 aliphatic heterocycles. The Morgan fingerprint density at radius 1 is 1.14 bits per heavy atom. The second-order valence-corrected chi connectivity index (χ2v) is 2.34. The number of hydrogen-bond acceptors (Lipinski definition) is 1. The van der Waals surface area contributed by atoms with Crippen LogP contribution < -0.4 is 0 Å². The summed E-state index contributed by atoms with van der Waals surface area (Å²) in [5.41, 5.74) is 0. The molecule has 0 aromatic carbocycles. The number of unbranched alkanes of at least 4 members (excludes halogenated alkanes) is 2. The van der Waals surface area contributed by atoms with Gasteiger partial charge in [0.2, 0.25) is 0 Å². The van der Waals surface area contributed by atoms with Crippen LogP contribution in [0.5, 0.6) is 0 Å². The van der Waals surface area contributed by atoms with Crippen molar-refractivity contribution in [3.8, 4) is 0 Å². The van der Waals surface area contributed by atoms with Crippen molar-refractivity contribution in [3.63, 3.8) is 0 Å². The zero-order chi connectivity index (χ0) is 5.54. The largest absolute Gasteiger partial charge is 0.179 e. The van der Waals surface area contributed by atoms with Gasteiger partial charge in [-0.25, -0.2) is 0 Å². The van der Waals surface area contributed by atoms with E-state index in [0.717, 1.165) is 11.5 Å². The van der Waals surface area contributed by atoms with Crippen molar-refractivity contribution in [2.24, 2.45) is 0 Å². The molecule has 0 N–H and O–H groups in total. The Labute approximate surface area is 56.5 Å². The van der Waals surface area contributed by atoms with Crippen LogP contribution >= 0.6 is 25.3 Å². The van der Waals surface area contributed by atoms with Gasteiger partial charge in [0.25, 0.3) is 0 Å². The van der Waals surface area contributed by atoms with Gasteiger partial charge in [-0.15, -0.1) is 0 Å². The Hall–Kier alpha value is 0.700. The number of rotatable bonds is 4. The Bertz CT molecular complexity index is 25.3. The minimum atomic E-state index is 0.910. The van der Waals surface area contributed by atoms with Crippen molar-refractivity contribution in [1.29, 1.82) is 0 Å². The molecule has 0 heterocycles. The summed E-state index contributed by atoms with van der Waals surface area (Å²) >= 11 is 8.80. The lowest BCUT2D eigenvalue weighted by Gasteiger charge is -1.89. The second-order valence-electron chi connectivity index (χ2n) is 1.49. The molecule has 0 saturated heterocycles. The van der Waals surface area contributed by atoms with Crippen molar-refractivity contribution < 1.29 is 0 Å². The summed E-state index contributed by atoms with van der Waals surface area (Å²) in [6.07, 6.45) is 3.67. The molecule has 43 valence electrons. The van der Waals surface area contributed by atoms with Gasteiger partial charge in [0.15, 0.2) is 0 Å². The molecule has 7 heavy (non-hydrogen) atoms. The highest BCUT2D eigenvalue weighted by Crippen LogP contribution is 1.96. The summed E-state index contributed by atoms with van der Waals surface area (Å²) in [4.78, 5) is 0. The molecule has 0 aromatic rings. The highest BCUT2D eigenvalue weighted by molar-refractivity contribution is 7.80. The number of hydrogen-bond donors (Lipinski definition) is 1. The van der Waals surface area contributed by atoms with E-state index in [9.17, 15) is 0 Å². The van der Waals surface area contributed by atoms with Crippen LogP contribution in [-0.4, -0.2) is 11.5 Å². The van der Waals surface area contributed by atoms with Gasteiger partial charge >= 0.3 is 0 Å². The van der Waals surface area contributed by atoms with Crippen LogP contribution in [0.2, 0.25) is 0 Å². The fraction of sp³-hybridized carbons (Fsp3) is 1.00. The maximum absolute atomic E-state index is 4.74. The minimum absolute atomic E-state index is 0.910. The van der Waals surface area contributed by atoms with E-state index in [2.05, 4.69) is 12.6 Å². The molecule has 0 bridgehead atoms. The lowest BCUT2D eigenvalue weighted by molar-refractivity contribution is 0.788. The van der Waals surface area contributed by atoms with E-state index in [0.29, 0.717) is 0 Å². The molecule has 0 spiro atoms. The first-order chi connectivity index (χ1) is 3.41. The van der Waals surface area contributed by atoms with Crippen LogP contribution in [0.4, 0.5) is 0 Å². The summed E-state index contributed by atoms with van der Waals surface area (Å²) in [7, 11) is 0. The topological polar surface area (TPSA) is 0 Å². The molecule has 0 saturated carbocycles. The van der Waals surface area contributed by atoms with Gasteiger partial charge in [-0.1, -0.05) is 19.0 Å². The van der Waals surface area contributed by atoms with Crippen LogP contribution in [-0.2, 0) is 0 Å². The molecular weight excluding hydrogens is 124 g/mol. The van der Waals surface area contributed by atoms with Crippen LogP contribution in [0, 0.1) is 0 Å². The third kappa shape index (κ3) is 6.70. The summed E-state index contributed by atoms with van der Waals surface area (Å²) in [6, 6.07) is 0. The van der Waals surface area contributed by atoms with Gasteiger partial charge in [0.1, 0.15) is 0 Å². The molecule has 0 unspecified atom stereocenters. The maximum Gasteiger partial charge on any atom is 0.00369 e. The summed E-state index contributed by atoms with van der Waals surface area (Å²) in [6.45, 7) is 0. The van der Waals surface area contributed by atoms with Crippen LogP contribution in [0.15, 0.2) is 0 Å². The van der Waals surface area contributed by atoms with E-state index in [-0.39, 0.29) is 0 Å². The predicted molar refractivity (Wildman–Crippen MR) is 40.2 cm³/mol. The molecule has 0 aromatic heterocycles. The average Bonchev–Trinajstić information content (AvgIpc) is 1.69. The van der Waals surface area contributed by atoms with Crippen LogP contribution in [0.1, 0.15) is 19.3 Å². The van der Waals surface area contributed by atoms with Crippen LogP contribution in [0.3, 0.4) is 0 Å². The predicted octanol–water partition coefficient (Wildman–Crippen LogP) is 2.28. The molecule has 1 radical (unpaired) electrons. The quantitative estimate of drug-likeness (QED) is 0.444. The first-order valence-corrected chi connectivity index (χ1v) is 3.81. The molecule has 0 fully saturated rings. The molecule has 2 heteroatoms. The zero-order valence-electron chi connectivity index (χ0n) is 4.39. The summed E-state index contributed by atoms with van der Waals surface area (Å²) in [5, 5.41) is 0. The van der Waals surface area contributed by atoms with E-state index in [4.69, 9.17) is 12.6 Å². The molecule has 0 aliphatic carbocycles. The van der Waals surface area contributed by atoms with Crippen molar-refractivity contribution >= 4 is 25.3 Å². The van der Waals surface area contributed by atoms with Crippen molar-refractivity contribution in [1.82, 2.24) is 0 Å². The molecular formula is C5H11S2. The van der Waals surface area contributed by atoms with Gasteiger partial charge in [-0.05, 0) is 18.6 Å². The third-order valence-electron chi connectivity index (χ3n) is 0.802. The first-order valence-electron chi connectivity index (χ1n) is 2.60. The fourth-order valence-corrected chi connectivity index (χ4v) is 0.818. The lowest BCUT2D eigenvalue weighted by atomic mass is 10.3. The van der Waals surface area contributed by atoms with Crippen molar-refractivity contribution in [3.05, 3.63) is 0 Å². The van der Waals surface area contributed by atoms with Gasteiger partial charge in [0, 0.05) is 5.75 Å². The molecule has 0 nitrogen and oxygen atoms in total. The second kappa shape index (κ2) is 6.70. The molecule has 0 aliphatic rings. The van der Waals surface area contributed by atoms with Gasteiger partial charge < -0.3 is 0 Å². The molecule has 0 atom stereocenters. The van der Waals surface area contributed by atoms with E-state index in [1.165, 1.54) is 19.3 Å². The molecule has 0 amide bonds. The Morgan fingerprint density at radius 2 is 1.86 bits per heavy atom. The fourth-order valence-electron chi connectivity index (χ4n) is 0.391. The lowest BCUT2D eigenvalue weighted by Crippen LogP contribution is -1.77. The van der Waals surface area contributed by atoms with Gasteiger partial charge in [-0.2, -0.15) is 12.6 Å². The standard InChI is InChI=1S/C5H11S2/c6-4-2-1-3-5-7/h6H,1-5H2. The summed E-state index contributed by atoms with van der Waals surface area (Å²) in [5.74, 6) is 1.92. The minimum Gasteiger partial charge on any atom is -0.179 e. The Morgan fingerprint density at radius 3 is 2.29 bits per heavy atom. The average molecular weight is 135 g/mol. The molecule has 0 rings (SSSR count). The first kappa shape index (κ1) is 7.70. The van der Waals surface area contributed by atoms with E-state index in [1.54, 1.807) is 0 Å². The highest BCUT2D eigenvalue weighted by Gasteiger charge is 1.81. The van der Waals surface area contributed by atoms with Gasteiger partial charge in [-0.3, -0.25) is 0 Å². The monoisotopic (exact) mass is 135 g/mol. The SMILES string of the molecule is [S]CCCCCS. The van der Waals surface area contributed by atoms with E-state index >= 15 is 0 Å². The van der Waals surface area contributed by atoms with E-state index in [1.807, 2.05) is 0 Å². The van der Waals surface area contributed by atoms with Crippen molar-refractivity contribution in [2.75, 3.05) is 11.5 Å². The normalized spacial score (nSPS) is 9.43.